The van der Waals surface area contributed by atoms with Crippen molar-refractivity contribution in [2.75, 3.05) is 13.7 Å². The van der Waals surface area contributed by atoms with Gasteiger partial charge in [-0.3, -0.25) is 0 Å². The molecular formula is C13H17BrN4O. The van der Waals surface area contributed by atoms with Crippen LogP contribution in [0, 0.1) is 0 Å². The fraction of sp³-hybridized carbons (Fsp3) is 0.385. The summed E-state index contributed by atoms with van der Waals surface area (Å²) in [5, 5.41) is 11.3. The van der Waals surface area contributed by atoms with Crippen molar-refractivity contribution < 1.29 is 4.74 Å². The Hall–Kier alpha value is -1.40. The number of hydrogen-bond donors (Lipinski definition) is 1. The molecule has 2 aromatic rings. The molecule has 19 heavy (non-hydrogen) atoms. The standard InChI is InChI=1S/C13H17BrN4O/c1-4-15-8-10-7-9(5-6-11(10)19-3)12-13(14)16-17-18(12)2/h5-7,15H,4,8H2,1-3H3. The highest BCUT2D eigenvalue weighted by Gasteiger charge is 2.12. The van der Waals surface area contributed by atoms with Crippen molar-refractivity contribution in [1.82, 2.24) is 20.3 Å². The fourth-order valence-electron chi connectivity index (χ4n) is 1.96. The van der Waals surface area contributed by atoms with Crippen LogP contribution < -0.4 is 10.1 Å². The van der Waals surface area contributed by atoms with Gasteiger partial charge in [0.15, 0.2) is 4.60 Å². The average Bonchev–Trinajstić information content (AvgIpc) is 2.75. The van der Waals surface area contributed by atoms with Crippen LogP contribution in [0.15, 0.2) is 22.8 Å². The second kappa shape index (κ2) is 6.16. The first-order valence-electron chi connectivity index (χ1n) is 6.10. The normalized spacial score (nSPS) is 10.7. The van der Waals surface area contributed by atoms with E-state index in [1.807, 2.05) is 19.2 Å². The van der Waals surface area contributed by atoms with Gasteiger partial charge >= 0.3 is 0 Å². The molecule has 0 fully saturated rings. The number of aryl methyl sites for hydroxylation is 1. The van der Waals surface area contributed by atoms with E-state index in [0.717, 1.165) is 40.3 Å². The van der Waals surface area contributed by atoms with Crippen molar-refractivity contribution in [3.8, 4) is 17.0 Å². The Morgan fingerprint density at radius 1 is 1.42 bits per heavy atom. The van der Waals surface area contributed by atoms with Crippen LogP contribution >= 0.6 is 15.9 Å². The van der Waals surface area contributed by atoms with E-state index in [0.29, 0.717) is 0 Å². The van der Waals surface area contributed by atoms with Crippen LogP contribution in [0.2, 0.25) is 0 Å². The summed E-state index contributed by atoms with van der Waals surface area (Å²) >= 11 is 3.43. The van der Waals surface area contributed by atoms with Gasteiger partial charge in [0, 0.05) is 24.7 Å². The Balaban J connectivity index is 2.42. The van der Waals surface area contributed by atoms with Gasteiger partial charge in [-0.15, -0.1) is 5.10 Å². The lowest BCUT2D eigenvalue weighted by Gasteiger charge is -2.11. The predicted octanol–water partition coefficient (Wildman–Crippen LogP) is 2.36. The Morgan fingerprint density at radius 2 is 2.21 bits per heavy atom. The maximum atomic E-state index is 5.39. The van der Waals surface area contributed by atoms with Gasteiger partial charge in [0.25, 0.3) is 0 Å². The largest absolute Gasteiger partial charge is 0.496 e. The number of halogens is 1. The van der Waals surface area contributed by atoms with Crippen LogP contribution in [-0.2, 0) is 13.6 Å². The van der Waals surface area contributed by atoms with Crippen molar-refractivity contribution in [3.63, 3.8) is 0 Å². The van der Waals surface area contributed by atoms with E-state index >= 15 is 0 Å². The van der Waals surface area contributed by atoms with Crippen LogP contribution in [0.1, 0.15) is 12.5 Å². The number of hydrogen-bond acceptors (Lipinski definition) is 4. The van der Waals surface area contributed by atoms with Gasteiger partial charge in [-0.1, -0.05) is 12.1 Å². The molecule has 0 saturated heterocycles. The molecule has 1 aromatic heterocycles. The zero-order chi connectivity index (χ0) is 13.8. The minimum atomic E-state index is 0.745. The van der Waals surface area contributed by atoms with E-state index in [1.54, 1.807) is 11.8 Å². The van der Waals surface area contributed by atoms with Crippen molar-refractivity contribution in [1.29, 1.82) is 0 Å². The molecule has 2 rings (SSSR count). The third kappa shape index (κ3) is 2.96. The molecule has 0 aliphatic heterocycles. The zero-order valence-electron chi connectivity index (χ0n) is 11.3. The number of benzene rings is 1. The van der Waals surface area contributed by atoms with Gasteiger partial charge in [-0.25, -0.2) is 4.68 Å². The van der Waals surface area contributed by atoms with E-state index in [9.17, 15) is 0 Å². The minimum Gasteiger partial charge on any atom is -0.496 e. The summed E-state index contributed by atoms with van der Waals surface area (Å²) in [5.41, 5.74) is 3.14. The zero-order valence-corrected chi connectivity index (χ0v) is 12.9. The topological polar surface area (TPSA) is 52.0 Å². The maximum Gasteiger partial charge on any atom is 0.156 e. The van der Waals surface area contributed by atoms with E-state index in [-0.39, 0.29) is 0 Å². The molecule has 1 aromatic carbocycles. The van der Waals surface area contributed by atoms with Crippen molar-refractivity contribution in [2.45, 2.75) is 13.5 Å². The van der Waals surface area contributed by atoms with Gasteiger partial charge in [0.2, 0.25) is 0 Å². The molecule has 1 heterocycles. The molecule has 102 valence electrons. The molecule has 0 spiro atoms. The van der Waals surface area contributed by atoms with Crippen LogP contribution in [0.3, 0.4) is 0 Å². The molecule has 0 aliphatic rings. The fourth-order valence-corrected chi connectivity index (χ4v) is 2.52. The van der Waals surface area contributed by atoms with E-state index < -0.39 is 0 Å². The Kier molecular flexibility index (Phi) is 4.55. The Labute approximate surface area is 121 Å². The molecule has 0 radical (unpaired) electrons. The SMILES string of the molecule is CCNCc1cc(-c2c(Br)nnn2C)ccc1OC. The number of nitrogens with zero attached hydrogens (tertiary/aromatic N) is 3. The van der Waals surface area contributed by atoms with Crippen molar-refractivity contribution in [3.05, 3.63) is 28.4 Å². The highest BCUT2D eigenvalue weighted by molar-refractivity contribution is 9.10. The summed E-state index contributed by atoms with van der Waals surface area (Å²) in [5.74, 6) is 0.885. The lowest BCUT2D eigenvalue weighted by molar-refractivity contribution is 0.408. The van der Waals surface area contributed by atoms with E-state index in [1.165, 1.54) is 0 Å². The van der Waals surface area contributed by atoms with Gasteiger partial charge in [0.05, 0.1) is 7.11 Å². The first kappa shape index (κ1) is 14.0. The predicted molar refractivity (Wildman–Crippen MR) is 78.1 cm³/mol. The highest BCUT2D eigenvalue weighted by Crippen LogP contribution is 2.29. The number of nitrogens with one attached hydrogen (secondary N) is 1. The first-order valence-corrected chi connectivity index (χ1v) is 6.89. The van der Waals surface area contributed by atoms with E-state index in [2.05, 4.69) is 44.5 Å². The lowest BCUT2D eigenvalue weighted by atomic mass is 10.1. The van der Waals surface area contributed by atoms with Crippen LogP contribution in [0.4, 0.5) is 0 Å². The molecule has 5 nitrogen and oxygen atoms in total. The molecule has 0 saturated carbocycles. The summed E-state index contributed by atoms with van der Waals surface area (Å²) in [6.45, 7) is 3.78. The van der Waals surface area contributed by atoms with Crippen LogP contribution in [-0.4, -0.2) is 28.6 Å². The van der Waals surface area contributed by atoms with Gasteiger partial charge < -0.3 is 10.1 Å². The van der Waals surface area contributed by atoms with Gasteiger partial charge in [0.1, 0.15) is 11.4 Å². The second-order valence-electron chi connectivity index (χ2n) is 4.16. The summed E-state index contributed by atoms with van der Waals surface area (Å²) < 4.78 is 7.88. The van der Waals surface area contributed by atoms with E-state index in [4.69, 9.17) is 4.74 Å². The Morgan fingerprint density at radius 3 is 2.79 bits per heavy atom. The van der Waals surface area contributed by atoms with Crippen molar-refractivity contribution in [2.24, 2.45) is 7.05 Å². The molecule has 0 aliphatic carbocycles. The third-order valence-electron chi connectivity index (χ3n) is 2.90. The second-order valence-corrected chi connectivity index (χ2v) is 4.91. The smallest absolute Gasteiger partial charge is 0.156 e. The summed E-state index contributed by atoms with van der Waals surface area (Å²) in [6, 6.07) is 6.09. The van der Waals surface area contributed by atoms with Crippen molar-refractivity contribution >= 4 is 15.9 Å². The molecule has 0 unspecified atom stereocenters. The number of rotatable bonds is 5. The highest BCUT2D eigenvalue weighted by atomic mass is 79.9. The van der Waals surface area contributed by atoms with Crippen LogP contribution in [0.5, 0.6) is 5.75 Å². The third-order valence-corrected chi connectivity index (χ3v) is 3.44. The van der Waals surface area contributed by atoms with Gasteiger partial charge in [-0.2, -0.15) is 0 Å². The van der Waals surface area contributed by atoms with Gasteiger partial charge in [-0.05, 0) is 40.7 Å². The molecule has 6 heteroatoms. The summed E-state index contributed by atoms with van der Waals surface area (Å²) in [4.78, 5) is 0. The summed E-state index contributed by atoms with van der Waals surface area (Å²) in [6.07, 6.45) is 0. The first-order chi connectivity index (χ1) is 9.17. The minimum absolute atomic E-state index is 0.745. The maximum absolute atomic E-state index is 5.39. The monoisotopic (exact) mass is 324 g/mol. The number of ether oxygens (including phenoxy) is 1. The Bertz CT molecular complexity index is 548. The number of aromatic nitrogens is 3. The lowest BCUT2D eigenvalue weighted by Crippen LogP contribution is -2.12. The molecular weight excluding hydrogens is 308 g/mol. The molecule has 0 bridgehead atoms. The average molecular weight is 325 g/mol. The molecule has 1 N–H and O–H groups in total. The number of methoxy groups -OCH3 is 1. The molecule has 0 amide bonds. The quantitative estimate of drug-likeness (QED) is 0.917. The van der Waals surface area contributed by atoms with Crippen LogP contribution in [0.25, 0.3) is 11.3 Å². The summed E-state index contributed by atoms with van der Waals surface area (Å²) in [7, 11) is 3.56. The molecule has 0 atom stereocenters.